The van der Waals surface area contributed by atoms with Crippen molar-refractivity contribution in [2.24, 2.45) is 0 Å². The van der Waals surface area contributed by atoms with Gasteiger partial charge in [0.2, 0.25) is 5.89 Å². The summed E-state index contributed by atoms with van der Waals surface area (Å²) >= 11 is 0. The Morgan fingerprint density at radius 3 is 2.56 bits per heavy atom. The number of nitrogens with zero attached hydrogens (tertiary/aromatic N) is 2. The van der Waals surface area contributed by atoms with Crippen molar-refractivity contribution in [1.82, 2.24) is 10.2 Å². The molecule has 1 aromatic carbocycles. The smallest absolute Gasteiger partial charge is 0.392 e. The predicted molar refractivity (Wildman–Crippen MR) is 67.8 cm³/mol. The number of nitrogens with one attached hydrogen (secondary N) is 1. The highest BCUT2D eigenvalue weighted by Crippen LogP contribution is 2.28. The van der Waals surface area contributed by atoms with E-state index in [0.717, 1.165) is 25.9 Å². The summed E-state index contributed by atoms with van der Waals surface area (Å²) in [5, 5.41) is 6.24. The quantitative estimate of drug-likeness (QED) is 0.875. The molecule has 5 heteroatoms. The van der Waals surface area contributed by atoms with Crippen LogP contribution in [0.1, 0.15) is 24.7 Å². The Hall–Kier alpha value is -2.04. The van der Waals surface area contributed by atoms with Crippen molar-refractivity contribution in [2.45, 2.75) is 18.8 Å². The van der Waals surface area contributed by atoms with Gasteiger partial charge in [0.1, 0.15) is 0 Å². The molecule has 94 valence electrons. The van der Waals surface area contributed by atoms with Crippen LogP contribution in [0.5, 0.6) is 0 Å². The zero-order valence-electron chi connectivity index (χ0n) is 10.0. The molecule has 0 aliphatic carbocycles. The van der Waals surface area contributed by atoms with Crippen LogP contribution < -0.4 is 10.7 Å². The molecule has 18 heavy (non-hydrogen) atoms. The number of hydrogen-bond acceptors (Lipinski definition) is 4. The van der Waals surface area contributed by atoms with E-state index in [4.69, 9.17) is 4.42 Å². The van der Waals surface area contributed by atoms with Crippen molar-refractivity contribution in [3.05, 3.63) is 46.8 Å². The van der Waals surface area contributed by atoms with Gasteiger partial charge in [0.15, 0.2) is 0 Å². The van der Waals surface area contributed by atoms with Gasteiger partial charge in [-0.05, 0) is 25.0 Å². The molecular weight excluding hydrogens is 230 g/mol. The molecule has 5 nitrogen and oxygen atoms in total. The summed E-state index contributed by atoms with van der Waals surface area (Å²) in [7, 11) is 0. The first-order valence-corrected chi connectivity index (χ1v) is 6.18. The van der Waals surface area contributed by atoms with Crippen LogP contribution in [-0.4, -0.2) is 23.3 Å². The number of H-pyrrole nitrogens is 1. The highest BCUT2D eigenvalue weighted by Gasteiger charge is 2.24. The van der Waals surface area contributed by atoms with Crippen LogP contribution in [0.4, 0.5) is 5.69 Å². The SMILES string of the molecule is O=c1[nH]nc(C2CCN(c3ccccc3)CC2)o1. The first-order valence-electron chi connectivity index (χ1n) is 6.18. The summed E-state index contributed by atoms with van der Waals surface area (Å²) in [6, 6.07) is 10.4. The standard InChI is InChI=1S/C13H15N3O2/c17-13-15-14-12(18-13)10-6-8-16(9-7-10)11-4-2-1-3-5-11/h1-5,10H,6-9H2,(H,15,17). The van der Waals surface area contributed by atoms with Crippen LogP contribution in [0, 0.1) is 0 Å². The van der Waals surface area contributed by atoms with E-state index in [0.29, 0.717) is 5.89 Å². The molecule has 0 atom stereocenters. The number of rotatable bonds is 2. The van der Waals surface area contributed by atoms with Crippen molar-refractivity contribution in [1.29, 1.82) is 0 Å². The minimum absolute atomic E-state index is 0.254. The third kappa shape index (κ3) is 2.16. The minimum atomic E-state index is -0.463. The second-order valence-electron chi connectivity index (χ2n) is 4.55. The molecule has 0 saturated carbocycles. The van der Waals surface area contributed by atoms with Crippen molar-refractivity contribution in [3.63, 3.8) is 0 Å². The topological polar surface area (TPSA) is 62.1 Å². The Balaban J connectivity index is 1.66. The van der Waals surface area contributed by atoms with Crippen LogP contribution in [0.3, 0.4) is 0 Å². The first-order chi connectivity index (χ1) is 8.83. The van der Waals surface area contributed by atoms with E-state index in [1.807, 2.05) is 18.2 Å². The van der Waals surface area contributed by atoms with E-state index in [1.54, 1.807) is 0 Å². The van der Waals surface area contributed by atoms with E-state index < -0.39 is 5.76 Å². The van der Waals surface area contributed by atoms with Crippen molar-refractivity contribution < 1.29 is 4.42 Å². The van der Waals surface area contributed by atoms with Gasteiger partial charge in [0.05, 0.1) is 0 Å². The number of benzene rings is 1. The summed E-state index contributed by atoms with van der Waals surface area (Å²) in [5.74, 6) is 0.340. The van der Waals surface area contributed by atoms with Crippen LogP contribution in [-0.2, 0) is 0 Å². The molecule has 2 aromatic rings. The minimum Gasteiger partial charge on any atom is -0.392 e. The molecule has 1 aliphatic rings. The maximum absolute atomic E-state index is 10.9. The highest BCUT2D eigenvalue weighted by atomic mass is 16.4. The van der Waals surface area contributed by atoms with Crippen LogP contribution in [0.15, 0.2) is 39.5 Å². The number of aromatic amines is 1. The molecule has 1 fully saturated rings. The van der Waals surface area contributed by atoms with Crippen molar-refractivity contribution in [2.75, 3.05) is 18.0 Å². The van der Waals surface area contributed by atoms with E-state index in [9.17, 15) is 4.79 Å². The third-order valence-electron chi connectivity index (χ3n) is 3.42. The molecule has 1 aliphatic heterocycles. The van der Waals surface area contributed by atoms with Crippen LogP contribution >= 0.6 is 0 Å². The zero-order valence-corrected chi connectivity index (χ0v) is 10.0. The normalized spacial score (nSPS) is 17.0. The van der Waals surface area contributed by atoms with Gasteiger partial charge in [-0.1, -0.05) is 18.2 Å². The molecule has 0 radical (unpaired) electrons. The lowest BCUT2D eigenvalue weighted by atomic mass is 9.96. The molecule has 1 aromatic heterocycles. The zero-order chi connectivity index (χ0) is 12.4. The van der Waals surface area contributed by atoms with E-state index >= 15 is 0 Å². The number of para-hydroxylation sites is 1. The largest absolute Gasteiger partial charge is 0.434 e. The molecule has 0 unspecified atom stereocenters. The molecule has 2 heterocycles. The average Bonchev–Trinajstić information content (AvgIpc) is 2.87. The van der Waals surface area contributed by atoms with Gasteiger partial charge in [-0.15, -0.1) is 5.10 Å². The van der Waals surface area contributed by atoms with Gasteiger partial charge in [-0.3, -0.25) is 0 Å². The van der Waals surface area contributed by atoms with Gasteiger partial charge in [0, 0.05) is 24.7 Å². The fraction of sp³-hybridized carbons (Fsp3) is 0.385. The maximum Gasteiger partial charge on any atom is 0.434 e. The molecule has 0 spiro atoms. The number of anilines is 1. The summed E-state index contributed by atoms with van der Waals surface area (Å²) in [4.78, 5) is 13.3. The van der Waals surface area contributed by atoms with Gasteiger partial charge < -0.3 is 9.32 Å². The Labute approximate surface area is 104 Å². The maximum atomic E-state index is 10.9. The van der Waals surface area contributed by atoms with E-state index in [-0.39, 0.29) is 5.92 Å². The van der Waals surface area contributed by atoms with Crippen molar-refractivity contribution in [3.8, 4) is 0 Å². The molecule has 3 rings (SSSR count). The molecule has 1 saturated heterocycles. The fourth-order valence-electron chi connectivity index (χ4n) is 2.44. The predicted octanol–water partition coefficient (Wildman–Crippen LogP) is 1.75. The van der Waals surface area contributed by atoms with Crippen molar-refractivity contribution >= 4 is 5.69 Å². The third-order valence-corrected chi connectivity index (χ3v) is 3.42. The summed E-state index contributed by atoms with van der Waals surface area (Å²) in [5.41, 5.74) is 1.25. The Morgan fingerprint density at radius 1 is 1.22 bits per heavy atom. The average molecular weight is 245 g/mol. The lowest BCUT2D eigenvalue weighted by Crippen LogP contribution is -2.32. The van der Waals surface area contributed by atoms with Gasteiger partial charge in [-0.2, -0.15) is 0 Å². The lowest BCUT2D eigenvalue weighted by Gasteiger charge is -2.32. The number of piperidine rings is 1. The summed E-state index contributed by atoms with van der Waals surface area (Å²) in [6.07, 6.45) is 1.92. The van der Waals surface area contributed by atoms with Crippen LogP contribution in [0.25, 0.3) is 0 Å². The summed E-state index contributed by atoms with van der Waals surface area (Å²) in [6.45, 7) is 1.93. The van der Waals surface area contributed by atoms with E-state index in [2.05, 4.69) is 27.2 Å². The molecule has 0 bridgehead atoms. The van der Waals surface area contributed by atoms with Crippen LogP contribution in [0.2, 0.25) is 0 Å². The Kier molecular flexibility index (Phi) is 2.88. The first kappa shape index (κ1) is 11.1. The van der Waals surface area contributed by atoms with E-state index in [1.165, 1.54) is 5.69 Å². The lowest BCUT2D eigenvalue weighted by molar-refractivity contribution is 0.380. The Bertz CT molecular complexity index is 553. The monoisotopic (exact) mass is 245 g/mol. The Morgan fingerprint density at radius 2 is 1.94 bits per heavy atom. The van der Waals surface area contributed by atoms with Gasteiger partial charge in [0.25, 0.3) is 0 Å². The number of hydrogen-bond donors (Lipinski definition) is 1. The molecule has 1 N–H and O–H groups in total. The van der Waals surface area contributed by atoms with Gasteiger partial charge in [-0.25, -0.2) is 9.89 Å². The molecule has 0 amide bonds. The second-order valence-corrected chi connectivity index (χ2v) is 4.55. The highest BCUT2D eigenvalue weighted by molar-refractivity contribution is 5.46. The molecular formula is C13H15N3O2. The second kappa shape index (κ2) is 4.68. The fourth-order valence-corrected chi connectivity index (χ4v) is 2.44. The number of aromatic nitrogens is 2. The summed E-state index contributed by atoms with van der Waals surface area (Å²) < 4.78 is 5.02. The van der Waals surface area contributed by atoms with Gasteiger partial charge >= 0.3 is 5.76 Å².